The van der Waals surface area contributed by atoms with Crippen LogP contribution < -0.4 is 0 Å². The van der Waals surface area contributed by atoms with Crippen LogP contribution in [0.3, 0.4) is 0 Å². The molecule has 5 atom stereocenters. The number of thiophene rings is 1. The molecule has 1 amide bonds. The van der Waals surface area contributed by atoms with Crippen molar-refractivity contribution in [3.05, 3.63) is 55.7 Å². The van der Waals surface area contributed by atoms with Gasteiger partial charge in [-0.25, -0.2) is 0 Å². The van der Waals surface area contributed by atoms with Crippen LogP contribution in [0.5, 0.6) is 0 Å². The summed E-state index contributed by atoms with van der Waals surface area (Å²) in [5.41, 5.74) is 2.18. The maximum Gasteiger partial charge on any atom is 0.263 e. The minimum atomic E-state index is -1.56. The van der Waals surface area contributed by atoms with Gasteiger partial charge in [0.15, 0.2) is 0 Å². The Morgan fingerprint density at radius 2 is 1.97 bits per heavy atom. The van der Waals surface area contributed by atoms with Crippen molar-refractivity contribution in [3.8, 4) is 0 Å². The summed E-state index contributed by atoms with van der Waals surface area (Å²) >= 11 is 8.01. The third-order valence-electron chi connectivity index (χ3n) is 6.62. The van der Waals surface area contributed by atoms with Crippen LogP contribution in [-0.2, 0) is 28.3 Å². The number of aliphatic hydroxyl groups excluding tert-OH is 3. The molecule has 2 aromatic rings. The topological polar surface area (TPSA) is 99.5 Å². The number of carbonyl (C=O) groups excluding carboxylic acids is 1. The Labute approximate surface area is 195 Å². The number of carbonyl (C=O) groups is 1. The van der Waals surface area contributed by atoms with Gasteiger partial charge in [0.1, 0.15) is 18.3 Å². The van der Waals surface area contributed by atoms with E-state index >= 15 is 0 Å². The molecule has 1 aromatic heterocycles. The van der Waals surface area contributed by atoms with Gasteiger partial charge in [-0.05, 0) is 55.2 Å². The Hall–Kier alpha value is -1.52. The molecule has 0 radical (unpaired) electrons. The van der Waals surface area contributed by atoms with Crippen LogP contribution in [0, 0.1) is 0 Å². The molecule has 2 fully saturated rings. The molecule has 5 rings (SSSR count). The second kappa shape index (κ2) is 8.36. The lowest BCUT2D eigenvalue weighted by Gasteiger charge is -2.45. The van der Waals surface area contributed by atoms with Gasteiger partial charge in [0.2, 0.25) is 5.79 Å². The summed E-state index contributed by atoms with van der Waals surface area (Å²) < 4.78 is 11.8. The van der Waals surface area contributed by atoms with Crippen molar-refractivity contribution in [1.82, 2.24) is 4.90 Å². The predicted molar refractivity (Wildman–Crippen MR) is 119 cm³/mol. The first-order valence-electron chi connectivity index (χ1n) is 10.9. The number of aliphatic hydroxyl groups is 3. The summed E-state index contributed by atoms with van der Waals surface area (Å²) in [6.07, 6.45) is -2.18. The Morgan fingerprint density at radius 3 is 2.72 bits per heavy atom. The van der Waals surface area contributed by atoms with E-state index in [0.717, 1.165) is 46.8 Å². The summed E-state index contributed by atoms with van der Waals surface area (Å²) in [5.74, 6) is -1.48. The van der Waals surface area contributed by atoms with Gasteiger partial charge in [0.25, 0.3) is 5.91 Å². The van der Waals surface area contributed by atoms with Crippen molar-refractivity contribution < 1.29 is 29.6 Å². The summed E-state index contributed by atoms with van der Waals surface area (Å²) in [6.45, 7) is 3.43. The molecular weight excluding hydrogens is 454 g/mol. The van der Waals surface area contributed by atoms with E-state index in [2.05, 4.69) is 0 Å². The summed E-state index contributed by atoms with van der Waals surface area (Å²) in [7, 11) is 0. The van der Waals surface area contributed by atoms with Crippen molar-refractivity contribution in [2.75, 3.05) is 13.1 Å². The molecule has 1 aromatic carbocycles. The molecule has 3 aliphatic rings. The Morgan fingerprint density at radius 1 is 1.22 bits per heavy atom. The second-order valence-electron chi connectivity index (χ2n) is 8.75. The minimum absolute atomic E-state index is 0.0754. The Balaban J connectivity index is 1.43. The van der Waals surface area contributed by atoms with E-state index in [1.807, 2.05) is 23.1 Å². The molecule has 9 heteroatoms. The van der Waals surface area contributed by atoms with Crippen LogP contribution in [0.2, 0.25) is 5.02 Å². The van der Waals surface area contributed by atoms with E-state index in [1.54, 1.807) is 13.0 Å². The number of rotatable bonds is 3. The molecule has 7 nitrogen and oxygen atoms in total. The first-order valence-corrected chi connectivity index (χ1v) is 12.1. The number of hydrogen-bond acceptors (Lipinski definition) is 7. The fourth-order valence-electron chi connectivity index (χ4n) is 4.80. The second-order valence-corrected chi connectivity index (χ2v) is 10.3. The fourth-order valence-corrected chi connectivity index (χ4v) is 6.05. The lowest BCUT2D eigenvalue weighted by Crippen LogP contribution is -2.62. The van der Waals surface area contributed by atoms with Gasteiger partial charge in [-0.1, -0.05) is 11.6 Å². The van der Waals surface area contributed by atoms with E-state index in [4.69, 9.17) is 21.1 Å². The highest BCUT2D eigenvalue weighted by Crippen LogP contribution is 2.47. The number of halogens is 1. The molecule has 4 heterocycles. The summed E-state index contributed by atoms with van der Waals surface area (Å²) in [6, 6.07) is 7.44. The predicted octanol–water partition coefficient (Wildman–Crippen LogP) is 2.41. The van der Waals surface area contributed by atoms with E-state index in [9.17, 15) is 20.1 Å². The van der Waals surface area contributed by atoms with E-state index in [0.29, 0.717) is 17.0 Å². The molecule has 0 unspecified atom stereocenters. The SMILES string of the molecule is C[C@H]1O[C@]2(OCc3cc(Cl)c(Cc4ccc(C(=O)N5CCCC5)s4)cc32)[C@H](O)[C@@H](O)[C@@H]1O. The highest BCUT2D eigenvalue weighted by molar-refractivity contribution is 7.14. The molecule has 172 valence electrons. The standard InChI is InChI=1S/C23H26ClNO6S/c1-12-19(26)20(27)21(28)23(31-12)16-9-13(17(24)10-14(16)11-30-23)8-15-4-5-18(32-15)22(29)25-6-2-3-7-25/h4-5,9-10,12,19-21,26-28H,2-3,6-8,11H2,1H3/t12-,19-,20+,21-,23+/m1/s1. The van der Waals surface area contributed by atoms with E-state index in [1.165, 1.54) is 11.3 Å². The molecule has 0 bridgehead atoms. The molecule has 0 aliphatic carbocycles. The highest BCUT2D eigenvalue weighted by atomic mass is 35.5. The molecule has 3 N–H and O–H groups in total. The molecular formula is C23H26ClNO6S. The zero-order valence-electron chi connectivity index (χ0n) is 17.7. The minimum Gasteiger partial charge on any atom is -0.388 e. The van der Waals surface area contributed by atoms with Crippen molar-refractivity contribution in [2.45, 2.75) is 63.0 Å². The fraction of sp³-hybridized carbons (Fsp3) is 0.522. The number of nitrogens with zero attached hydrogens (tertiary/aromatic N) is 1. The average molecular weight is 480 g/mol. The maximum atomic E-state index is 12.7. The van der Waals surface area contributed by atoms with Gasteiger partial charge in [0.05, 0.1) is 17.6 Å². The van der Waals surface area contributed by atoms with Crippen molar-refractivity contribution >= 4 is 28.8 Å². The van der Waals surface area contributed by atoms with E-state index in [-0.39, 0.29) is 12.5 Å². The number of amides is 1. The first-order chi connectivity index (χ1) is 15.3. The lowest BCUT2D eigenvalue weighted by atomic mass is 9.87. The van der Waals surface area contributed by atoms with Crippen LogP contribution in [-0.4, -0.2) is 63.6 Å². The quantitative estimate of drug-likeness (QED) is 0.625. The molecule has 32 heavy (non-hydrogen) atoms. The normalized spacial score (nSPS) is 32.0. The molecule has 0 saturated carbocycles. The third-order valence-corrected chi connectivity index (χ3v) is 8.05. The third kappa shape index (κ3) is 3.58. The molecule has 1 spiro atoms. The average Bonchev–Trinajstić information content (AvgIpc) is 3.53. The zero-order chi connectivity index (χ0) is 22.6. The largest absolute Gasteiger partial charge is 0.388 e. The lowest BCUT2D eigenvalue weighted by molar-refractivity contribution is -0.362. The highest BCUT2D eigenvalue weighted by Gasteiger charge is 2.57. The van der Waals surface area contributed by atoms with Gasteiger partial charge >= 0.3 is 0 Å². The molecule has 2 saturated heterocycles. The van der Waals surface area contributed by atoms with Crippen molar-refractivity contribution in [3.63, 3.8) is 0 Å². The maximum absolute atomic E-state index is 12.7. The summed E-state index contributed by atoms with van der Waals surface area (Å²) in [4.78, 5) is 16.3. The van der Waals surface area contributed by atoms with Crippen LogP contribution in [0.15, 0.2) is 24.3 Å². The smallest absolute Gasteiger partial charge is 0.263 e. The van der Waals surface area contributed by atoms with Gasteiger partial charge in [-0.15, -0.1) is 11.3 Å². The Bertz CT molecular complexity index is 1040. The van der Waals surface area contributed by atoms with Crippen LogP contribution in [0.4, 0.5) is 0 Å². The monoisotopic (exact) mass is 479 g/mol. The number of fused-ring (bicyclic) bond motifs is 2. The summed E-state index contributed by atoms with van der Waals surface area (Å²) in [5, 5.41) is 31.7. The number of benzene rings is 1. The number of ether oxygens (including phenoxy) is 2. The van der Waals surface area contributed by atoms with E-state index < -0.39 is 30.2 Å². The van der Waals surface area contributed by atoms with Crippen LogP contribution in [0.25, 0.3) is 0 Å². The van der Waals surface area contributed by atoms with Gasteiger partial charge in [-0.2, -0.15) is 0 Å². The van der Waals surface area contributed by atoms with Gasteiger partial charge in [0, 0.05) is 35.0 Å². The van der Waals surface area contributed by atoms with Gasteiger partial charge in [-0.3, -0.25) is 4.79 Å². The van der Waals surface area contributed by atoms with Crippen LogP contribution >= 0.6 is 22.9 Å². The first kappa shape index (κ1) is 22.3. The van der Waals surface area contributed by atoms with Crippen LogP contribution in [0.1, 0.15) is 51.0 Å². The van der Waals surface area contributed by atoms with Gasteiger partial charge < -0.3 is 29.7 Å². The Kier molecular flexibility index (Phi) is 5.82. The number of hydrogen-bond donors (Lipinski definition) is 3. The zero-order valence-corrected chi connectivity index (χ0v) is 19.2. The molecule has 3 aliphatic heterocycles. The number of likely N-dealkylation sites (tertiary alicyclic amines) is 1. The van der Waals surface area contributed by atoms with Crippen molar-refractivity contribution in [1.29, 1.82) is 0 Å². The van der Waals surface area contributed by atoms with Crippen molar-refractivity contribution in [2.24, 2.45) is 0 Å².